The van der Waals surface area contributed by atoms with Gasteiger partial charge in [-0.2, -0.15) is 0 Å². The van der Waals surface area contributed by atoms with E-state index in [-0.39, 0.29) is 5.91 Å². The molecule has 0 fully saturated rings. The van der Waals surface area contributed by atoms with Gasteiger partial charge < -0.3 is 14.5 Å². The molecule has 1 N–H and O–H groups in total. The molecule has 0 saturated heterocycles. The lowest BCUT2D eigenvalue weighted by atomic mass is 10.2. The van der Waals surface area contributed by atoms with E-state index in [0.29, 0.717) is 18.1 Å². The van der Waals surface area contributed by atoms with E-state index in [9.17, 15) is 4.79 Å². The molecule has 0 unspecified atom stereocenters. The number of ether oxygens (including phenoxy) is 1. The number of aryl methyl sites for hydroxylation is 2. The number of nitrogens with zero attached hydrogens (tertiary/aromatic N) is 1. The molecule has 5 nitrogen and oxygen atoms in total. The molecule has 1 aromatic carbocycles. The van der Waals surface area contributed by atoms with E-state index in [1.807, 2.05) is 50.2 Å². The third kappa shape index (κ3) is 4.55. The highest BCUT2D eigenvalue weighted by molar-refractivity contribution is 7.13. The second kappa shape index (κ2) is 8.09. The molecule has 0 atom stereocenters. The molecule has 2 aromatic heterocycles. The van der Waals surface area contributed by atoms with E-state index in [1.54, 1.807) is 6.26 Å². The summed E-state index contributed by atoms with van der Waals surface area (Å²) in [6, 6.07) is 11.4. The van der Waals surface area contributed by atoms with E-state index < -0.39 is 0 Å². The summed E-state index contributed by atoms with van der Waals surface area (Å²) in [5, 5.41) is 3.91. The summed E-state index contributed by atoms with van der Waals surface area (Å²) < 4.78 is 10.9. The van der Waals surface area contributed by atoms with Crippen LogP contribution in [0.15, 0.2) is 47.1 Å². The van der Waals surface area contributed by atoms with Gasteiger partial charge in [0.25, 0.3) is 5.91 Å². The van der Waals surface area contributed by atoms with E-state index in [0.717, 1.165) is 34.1 Å². The van der Waals surface area contributed by atoms with Gasteiger partial charge in [-0.05, 0) is 43.2 Å². The van der Waals surface area contributed by atoms with Crippen LogP contribution in [0.5, 0.6) is 0 Å². The van der Waals surface area contributed by atoms with Crippen LogP contribution >= 0.6 is 11.3 Å². The molecule has 2 heterocycles. The van der Waals surface area contributed by atoms with Crippen molar-refractivity contribution in [1.29, 1.82) is 0 Å². The van der Waals surface area contributed by atoms with Crippen LogP contribution in [0.25, 0.3) is 0 Å². The molecule has 25 heavy (non-hydrogen) atoms. The molecule has 0 saturated carbocycles. The highest BCUT2D eigenvalue weighted by Gasteiger charge is 2.14. The van der Waals surface area contributed by atoms with Gasteiger partial charge in [0.15, 0.2) is 0 Å². The zero-order valence-electron chi connectivity index (χ0n) is 14.2. The standard InChI is InChI=1S/C19H20N2O3S/c1-3-17-20-13(2)18(25-17)19(22)21-15-7-4-6-14(10-15)11-23-12-16-8-5-9-24-16/h4-10H,3,11-12H2,1-2H3,(H,21,22). The predicted octanol–water partition coefficient (Wildman–Crippen LogP) is 4.58. The van der Waals surface area contributed by atoms with Gasteiger partial charge in [0.05, 0.1) is 23.6 Å². The molecular weight excluding hydrogens is 336 g/mol. The second-order valence-corrected chi connectivity index (χ2v) is 6.69. The fourth-order valence-corrected chi connectivity index (χ4v) is 3.30. The molecule has 0 aliphatic rings. The van der Waals surface area contributed by atoms with Gasteiger partial charge >= 0.3 is 0 Å². The van der Waals surface area contributed by atoms with Crippen LogP contribution < -0.4 is 5.32 Å². The Balaban J connectivity index is 1.60. The monoisotopic (exact) mass is 356 g/mol. The van der Waals surface area contributed by atoms with Crippen molar-refractivity contribution in [3.63, 3.8) is 0 Å². The normalized spacial score (nSPS) is 10.8. The van der Waals surface area contributed by atoms with Crippen LogP contribution in [0.4, 0.5) is 5.69 Å². The number of nitrogens with one attached hydrogen (secondary N) is 1. The maximum Gasteiger partial charge on any atom is 0.267 e. The summed E-state index contributed by atoms with van der Waals surface area (Å²) in [5.41, 5.74) is 2.51. The molecule has 1 amide bonds. The van der Waals surface area contributed by atoms with Crippen molar-refractivity contribution in [2.24, 2.45) is 0 Å². The number of furan rings is 1. The van der Waals surface area contributed by atoms with Crippen molar-refractivity contribution in [3.8, 4) is 0 Å². The highest BCUT2D eigenvalue weighted by Crippen LogP contribution is 2.21. The van der Waals surface area contributed by atoms with Gasteiger partial charge in [0.2, 0.25) is 0 Å². The molecule has 3 aromatic rings. The third-order valence-corrected chi connectivity index (χ3v) is 4.93. The SMILES string of the molecule is CCc1nc(C)c(C(=O)Nc2cccc(COCc3ccco3)c2)s1. The Morgan fingerprint density at radius 1 is 1.28 bits per heavy atom. The average molecular weight is 356 g/mol. The van der Waals surface area contributed by atoms with Gasteiger partial charge in [-0.25, -0.2) is 4.98 Å². The van der Waals surface area contributed by atoms with Gasteiger partial charge in [-0.3, -0.25) is 4.79 Å². The van der Waals surface area contributed by atoms with Crippen molar-refractivity contribution in [2.45, 2.75) is 33.5 Å². The van der Waals surface area contributed by atoms with Crippen molar-refractivity contribution in [1.82, 2.24) is 4.98 Å². The molecular formula is C19H20N2O3S. The first-order valence-corrected chi connectivity index (χ1v) is 8.94. The summed E-state index contributed by atoms with van der Waals surface area (Å²) in [4.78, 5) is 17.5. The van der Waals surface area contributed by atoms with E-state index in [4.69, 9.17) is 9.15 Å². The zero-order chi connectivity index (χ0) is 17.6. The smallest absolute Gasteiger partial charge is 0.267 e. The molecule has 0 radical (unpaired) electrons. The Morgan fingerprint density at radius 3 is 2.88 bits per heavy atom. The van der Waals surface area contributed by atoms with Crippen molar-refractivity contribution in [2.75, 3.05) is 5.32 Å². The Labute approximate surface area is 150 Å². The first-order chi connectivity index (χ1) is 12.2. The van der Waals surface area contributed by atoms with E-state index in [2.05, 4.69) is 10.3 Å². The van der Waals surface area contributed by atoms with Gasteiger partial charge in [0.1, 0.15) is 17.2 Å². The van der Waals surface area contributed by atoms with Gasteiger partial charge in [-0.15, -0.1) is 11.3 Å². The number of aromatic nitrogens is 1. The maximum atomic E-state index is 12.5. The lowest BCUT2D eigenvalue weighted by Crippen LogP contribution is -2.11. The number of carbonyl (C=O) groups excluding carboxylic acids is 1. The number of carbonyl (C=O) groups is 1. The number of benzene rings is 1. The fourth-order valence-electron chi connectivity index (χ4n) is 2.41. The molecule has 0 bridgehead atoms. The average Bonchev–Trinajstić information content (AvgIpc) is 3.24. The van der Waals surface area contributed by atoms with E-state index >= 15 is 0 Å². The highest BCUT2D eigenvalue weighted by atomic mass is 32.1. The summed E-state index contributed by atoms with van der Waals surface area (Å²) in [6.07, 6.45) is 2.46. The van der Waals surface area contributed by atoms with Crippen molar-refractivity contribution >= 4 is 22.9 Å². The van der Waals surface area contributed by atoms with Crippen LogP contribution in [0.3, 0.4) is 0 Å². The summed E-state index contributed by atoms with van der Waals surface area (Å²) >= 11 is 1.45. The lowest BCUT2D eigenvalue weighted by molar-refractivity contribution is 0.0929. The van der Waals surface area contributed by atoms with Crippen LogP contribution in [-0.2, 0) is 24.4 Å². The summed E-state index contributed by atoms with van der Waals surface area (Å²) in [6.45, 7) is 4.77. The summed E-state index contributed by atoms with van der Waals surface area (Å²) in [5.74, 6) is 0.667. The maximum absolute atomic E-state index is 12.5. The number of amides is 1. The Hall–Kier alpha value is -2.44. The summed E-state index contributed by atoms with van der Waals surface area (Å²) in [7, 11) is 0. The minimum atomic E-state index is -0.122. The number of hydrogen-bond donors (Lipinski definition) is 1. The third-order valence-electron chi connectivity index (χ3n) is 3.63. The predicted molar refractivity (Wildman–Crippen MR) is 97.8 cm³/mol. The number of hydrogen-bond acceptors (Lipinski definition) is 5. The minimum Gasteiger partial charge on any atom is -0.467 e. The quantitative estimate of drug-likeness (QED) is 0.673. The Bertz CT molecular complexity index is 840. The molecule has 6 heteroatoms. The van der Waals surface area contributed by atoms with Crippen LogP contribution in [0, 0.1) is 6.92 Å². The van der Waals surface area contributed by atoms with Crippen molar-refractivity contribution < 1.29 is 13.9 Å². The Kier molecular flexibility index (Phi) is 5.63. The van der Waals surface area contributed by atoms with Crippen LogP contribution in [-0.4, -0.2) is 10.9 Å². The fraction of sp³-hybridized carbons (Fsp3) is 0.263. The lowest BCUT2D eigenvalue weighted by Gasteiger charge is -2.07. The zero-order valence-corrected chi connectivity index (χ0v) is 15.1. The minimum absolute atomic E-state index is 0.122. The van der Waals surface area contributed by atoms with Crippen molar-refractivity contribution in [3.05, 3.63) is 69.6 Å². The molecule has 0 aliphatic heterocycles. The molecule has 0 aliphatic carbocycles. The molecule has 130 valence electrons. The van der Waals surface area contributed by atoms with Gasteiger partial charge in [-0.1, -0.05) is 19.1 Å². The molecule has 0 spiro atoms. The van der Waals surface area contributed by atoms with Crippen LogP contribution in [0.1, 0.15) is 38.6 Å². The number of thiazole rings is 1. The Morgan fingerprint density at radius 2 is 2.16 bits per heavy atom. The van der Waals surface area contributed by atoms with Gasteiger partial charge in [0, 0.05) is 5.69 Å². The van der Waals surface area contributed by atoms with E-state index in [1.165, 1.54) is 11.3 Å². The van der Waals surface area contributed by atoms with Crippen LogP contribution in [0.2, 0.25) is 0 Å². The number of rotatable bonds is 7. The molecule has 3 rings (SSSR count). The first kappa shape index (κ1) is 17.4. The first-order valence-electron chi connectivity index (χ1n) is 8.12. The number of anilines is 1. The second-order valence-electron chi connectivity index (χ2n) is 5.60. The largest absolute Gasteiger partial charge is 0.467 e. The topological polar surface area (TPSA) is 64.4 Å².